The SMILES string of the molecule is CC1(C)c2ccc3[nH]c(Nc4c(Cl)cc(Cl)cc4Cl)nc3c2C(=O)NC1O. The van der Waals surface area contributed by atoms with Gasteiger partial charge in [0.25, 0.3) is 5.91 Å². The summed E-state index contributed by atoms with van der Waals surface area (Å²) in [5, 5.41) is 16.9. The summed E-state index contributed by atoms with van der Waals surface area (Å²) in [6.07, 6.45) is -0.974. The fourth-order valence-electron chi connectivity index (χ4n) is 3.21. The molecule has 3 aromatic rings. The summed E-state index contributed by atoms with van der Waals surface area (Å²) in [7, 11) is 0. The molecule has 9 heteroatoms. The van der Waals surface area contributed by atoms with Gasteiger partial charge < -0.3 is 20.7 Å². The monoisotopic (exact) mass is 424 g/mol. The Morgan fingerprint density at radius 2 is 1.85 bits per heavy atom. The molecule has 0 saturated heterocycles. The minimum absolute atomic E-state index is 0.344. The molecule has 4 N–H and O–H groups in total. The Hall–Kier alpha value is -1.99. The lowest BCUT2D eigenvalue weighted by Crippen LogP contribution is -2.52. The van der Waals surface area contributed by atoms with Crippen LogP contribution in [0.5, 0.6) is 0 Å². The zero-order valence-corrected chi connectivity index (χ0v) is 16.6. The lowest BCUT2D eigenvalue weighted by molar-refractivity contribution is 0.0463. The summed E-state index contributed by atoms with van der Waals surface area (Å²) in [5.41, 5.74) is 2.13. The summed E-state index contributed by atoms with van der Waals surface area (Å²) >= 11 is 18.4. The average Bonchev–Trinajstić information content (AvgIpc) is 2.98. The van der Waals surface area contributed by atoms with Gasteiger partial charge in [-0.1, -0.05) is 54.7 Å². The van der Waals surface area contributed by atoms with Gasteiger partial charge in [0.05, 0.1) is 26.8 Å². The molecule has 1 atom stereocenters. The van der Waals surface area contributed by atoms with Crippen LogP contribution in [0, 0.1) is 0 Å². The number of amides is 1. The molecule has 1 amide bonds. The van der Waals surface area contributed by atoms with E-state index in [9.17, 15) is 9.90 Å². The third-order valence-corrected chi connectivity index (χ3v) is 5.59. The third-order valence-electron chi connectivity index (χ3n) is 4.78. The van der Waals surface area contributed by atoms with E-state index in [2.05, 4.69) is 20.6 Å². The molecule has 0 aliphatic carbocycles. The maximum absolute atomic E-state index is 12.5. The highest BCUT2D eigenvalue weighted by atomic mass is 35.5. The van der Waals surface area contributed by atoms with Crippen molar-refractivity contribution in [3.05, 3.63) is 50.5 Å². The van der Waals surface area contributed by atoms with Crippen molar-refractivity contribution in [3.63, 3.8) is 0 Å². The topological polar surface area (TPSA) is 90.0 Å². The van der Waals surface area contributed by atoms with E-state index in [1.165, 1.54) is 0 Å². The van der Waals surface area contributed by atoms with Crippen LogP contribution >= 0.6 is 34.8 Å². The molecule has 4 rings (SSSR count). The van der Waals surface area contributed by atoms with Crippen LogP contribution in [0.1, 0.15) is 29.8 Å². The van der Waals surface area contributed by atoms with Gasteiger partial charge in [0, 0.05) is 10.4 Å². The Morgan fingerprint density at radius 1 is 1.19 bits per heavy atom. The smallest absolute Gasteiger partial charge is 0.255 e. The fraction of sp³-hybridized carbons (Fsp3) is 0.222. The van der Waals surface area contributed by atoms with Crippen LogP contribution in [0.4, 0.5) is 11.6 Å². The summed E-state index contributed by atoms with van der Waals surface area (Å²) in [4.78, 5) is 20.1. The van der Waals surface area contributed by atoms with Crippen LogP contribution in [0.3, 0.4) is 0 Å². The zero-order chi connectivity index (χ0) is 19.5. The number of fused-ring (bicyclic) bond motifs is 3. The Labute approximate surface area is 169 Å². The lowest BCUT2D eigenvalue weighted by atomic mass is 9.77. The second-order valence-electron chi connectivity index (χ2n) is 6.94. The molecule has 1 aliphatic heterocycles. The van der Waals surface area contributed by atoms with Gasteiger partial charge >= 0.3 is 0 Å². The molecule has 0 fully saturated rings. The maximum Gasteiger partial charge on any atom is 0.255 e. The minimum atomic E-state index is -0.974. The van der Waals surface area contributed by atoms with Crippen LogP contribution < -0.4 is 10.6 Å². The number of aromatic nitrogens is 2. The van der Waals surface area contributed by atoms with Gasteiger partial charge in [0.2, 0.25) is 5.95 Å². The number of aliphatic hydroxyl groups is 1. The van der Waals surface area contributed by atoms with Gasteiger partial charge in [-0.05, 0) is 23.8 Å². The van der Waals surface area contributed by atoms with Crippen molar-refractivity contribution in [1.82, 2.24) is 15.3 Å². The van der Waals surface area contributed by atoms with Gasteiger partial charge in [-0.25, -0.2) is 4.98 Å². The number of hydrogen-bond acceptors (Lipinski definition) is 4. The highest BCUT2D eigenvalue weighted by Gasteiger charge is 2.40. The number of nitrogens with one attached hydrogen (secondary N) is 3. The summed E-state index contributed by atoms with van der Waals surface area (Å²) in [6.45, 7) is 3.72. The summed E-state index contributed by atoms with van der Waals surface area (Å²) < 4.78 is 0. The molecular weight excluding hydrogens is 411 g/mol. The van der Waals surface area contributed by atoms with E-state index in [1.54, 1.807) is 12.1 Å². The number of rotatable bonds is 2. The normalized spacial score (nSPS) is 18.3. The lowest BCUT2D eigenvalue weighted by Gasteiger charge is -2.37. The molecular formula is C18H15Cl3N4O2. The Morgan fingerprint density at radius 3 is 2.52 bits per heavy atom. The van der Waals surface area contributed by atoms with Crippen molar-refractivity contribution < 1.29 is 9.90 Å². The number of carbonyl (C=O) groups is 1. The predicted octanol–water partition coefficient (Wildman–Crippen LogP) is 4.61. The van der Waals surface area contributed by atoms with Crippen LogP contribution in [0.2, 0.25) is 15.1 Å². The van der Waals surface area contributed by atoms with Crippen molar-refractivity contribution in [1.29, 1.82) is 0 Å². The standard InChI is InChI=1S/C18H15Cl3N4O2/c1-18(2)8-3-4-11-14(12(8)15(26)25-16(18)27)24-17(22-11)23-13-9(20)5-7(19)6-10(13)21/h3-6,16,27H,1-2H3,(H,25,26)(H2,22,23,24). The van der Waals surface area contributed by atoms with Crippen molar-refractivity contribution >= 4 is 63.4 Å². The Balaban J connectivity index is 1.83. The van der Waals surface area contributed by atoms with E-state index in [0.717, 1.165) is 5.56 Å². The van der Waals surface area contributed by atoms with E-state index in [-0.39, 0.29) is 5.91 Å². The van der Waals surface area contributed by atoms with E-state index in [4.69, 9.17) is 34.8 Å². The molecule has 1 unspecified atom stereocenters. The number of aliphatic hydroxyl groups excluding tert-OH is 1. The van der Waals surface area contributed by atoms with Gasteiger partial charge in [-0.15, -0.1) is 0 Å². The molecule has 6 nitrogen and oxygen atoms in total. The molecule has 0 spiro atoms. The van der Waals surface area contributed by atoms with Gasteiger partial charge in [0.1, 0.15) is 11.7 Å². The van der Waals surface area contributed by atoms with Crippen molar-refractivity contribution in [2.45, 2.75) is 25.5 Å². The van der Waals surface area contributed by atoms with Crippen molar-refractivity contribution in [2.24, 2.45) is 0 Å². The number of nitrogens with zero attached hydrogens (tertiary/aromatic N) is 1. The Kier molecular flexibility index (Phi) is 4.27. The van der Waals surface area contributed by atoms with Gasteiger partial charge in [-0.3, -0.25) is 4.79 Å². The molecule has 27 heavy (non-hydrogen) atoms. The van der Waals surface area contributed by atoms with Crippen LogP contribution in [-0.4, -0.2) is 27.2 Å². The first-order chi connectivity index (χ1) is 12.7. The predicted molar refractivity (Wildman–Crippen MR) is 107 cm³/mol. The van der Waals surface area contributed by atoms with Gasteiger partial charge in [-0.2, -0.15) is 0 Å². The number of anilines is 2. The van der Waals surface area contributed by atoms with E-state index >= 15 is 0 Å². The van der Waals surface area contributed by atoms with E-state index < -0.39 is 11.6 Å². The first kappa shape index (κ1) is 18.4. The van der Waals surface area contributed by atoms with Crippen molar-refractivity contribution in [2.75, 3.05) is 5.32 Å². The highest BCUT2D eigenvalue weighted by Crippen LogP contribution is 2.38. The number of benzene rings is 2. The molecule has 1 aromatic heterocycles. The van der Waals surface area contributed by atoms with Crippen LogP contribution in [0.15, 0.2) is 24.3 Å². The number of hydrogen-bond donors (Lipinski definition) is 4. The highest BCUT2D eigenvalue weighted by molar-refractivity contribution is 6.41. The Bertz CT molecular complexity index is 1070. The minimum Gasteiger partial charge on any atom is -0.373 e. The zero-order valence-electron chi connectivity index (χ0n) is 14.3. The van der Waals surface area contributed by atoms with Crippen molar-refractivity contribution in [3.8, 4) is 0 Å². The summed E-state index contributed by atoms with van der Waals surface area (Å²) in [5.74, 6) is 0.00397. The molecule has 0 saturated carbocycles. The number of carbonyl (C=O) groups excluding carboxylic acids is 1. The largest absolute Gasteiger partial charge is 0.373 e. The first-order valence-electron chi connectivity index (χ1n) is 8.12. The molecule has 140 valence electrons. The second kappa shape index (κ2) is 6.27. The number of aromatic amines is 1. The maximum atomic E-state index is 12.5. The second-order valence-corrected chi connectivity index (χ2v) is 8.19. The van der Waals surface area contributed by atoms with Crippen LogP contribution in [0.25, 0.3) is 11.0 Å². The third kappa shape index (κ3) is 2.93. The summed E-state index contributed by atoms with van der Waals surface area (Å²) in [6, 6.07) is 6.78. The van der Waals surface area contributed by atoms with E-state index in [1.807, 2.05) is 26.0 Å². The quantitative estimate of drug-likeness (QED) is 0.483. The first-order valence-corrected chi connectivity index (χ1v) is 9.25. The molecule has 0 radical (unpaired) electrons. The molecule has 2 aromatic carbocycles. The number of halogens is 3. The van der Waals surface area contributed by atoms with Gasteiger partial charge in [0.15, 0.2) is 0 Å². The number of H-pyrrole nitrogens is 1. The molecule has 2 heterocycles. The van der Waals surface area contributed by atoms with Crippen LogP contribution in [-0.2, 0) is 5.41 Å². The van der Waals surface area contributed by atoms with E-state index in [0.29, 0.717) is 43.3 Å². The average molecular weight is 426 g/mol. The number of imidazole rings is 1. The molecule has 0 bridgehead atoms. The fourth-order valence-corrected chi connectivity index (χ4v) is 4.12. The molecule has 1 aliphatic rings.